The molecular formula is C16H18FN5O3S2. The fraction of sp³-hybridized carbons (Fsp3) is 0.500. The number of thioether (sulfide) groups is 1. The minimum atomic E-state index is -0.867. The van der Waals surface area contributed by atoms with Gasteiger partial charge in [-0.25, -0.2) is 19.4 Å². The van der Waals surface area contributed by atoms with Crippen molar-refractivity contribution in [1.29, 1.82) is 0 Å². The maximum Gasteiger partial charge on any atom is 0.278 e. The molecule has 27 heavy (non-hydrogen) atoms. The standard InChI is InChI=1S/C16H18FN5O3S2/c1-8-2-9-5-27-15(18)22-16(9,7-25-8)14-21-11(6-26-14)20-13(23)10-4-24-12(3-17)19-10/h4,6,8-9H,2-3,5,7H2,1H3,(H2,18,22)(H,20,23). The van der Waals surface area contributed by atoms with Gasteiger partial charge in [-0.2, -0.15) is 0 Å². The molecule has 2 aliphatic heterocycles. The normalized spacial score (nSPS) is 27.7. The van der Waals surface area contributed by atoms with Crippen LogP contribution in [0.1, 0.15) is 34.7 Å². The van der Waals surface area contributed by atoms with E-state index >= 15 is 0 Å². The SMILES string of the molecule is CC1CC2CSC(N)=NC2(c2nc(NC(=O)c3coc(CF)n3)cs2)CO1. The number of anilines is 1. The third kappa shape index (κ3) is 3.46. The lowest BCUT2D eigenvalue weighted by Crippen LogP contribution is -2.49. The summed E-state index contributed by atoms with van der Waals surface area (Å²) in [6.45, 7) is 1.59. The molecule has 1 amide bonds. The zero-order valence-corrected chi connectivity index (χ0v) is 16.1. The van der Waals surface area contributed by atoms with Crippen molar-refractivity contribution < 1.29 is 18.3 Å². The monoisotopic (exact) mass is 411 g/mol. The van der Waals surface area contributed by atoms with Gasteiger partial charge in [0.15, 0.2) is 17.5 Å². The number of oxazole rings is 1. The first-order valence-electron chi connectivity index (χ1n) is 8.37. The van der Waals surface area contributed by atoms with E-state index in [-0.39, 0.29) is 23.6 Å². The molecule has 3 N–H and O–H groups in total. The highest BCUT2D eigenvalue weighted by molar-refractivity contribution is 8.13. The molecule has 2 aromatic rings. The van der Waals surface area contributed by atoms with Gasteiger partial charge in [0.25, 0.3) is 5.91 Å². The Balaban J connectivity index is 1.57. The van der Waals surface area contributed by atoms with E-state index < -0.39 is 18.1 Å². The number of hydrogen-bond acceptors (Lipinski definition) is 9. The van der Waals surface area contributed by atoms with Crippen molar-refractivity contribution >= 4 is 40.0 Å². The number of thiazole rings is 1. The highest BCUT2D eigenvalue weighted by Gasteiger charge is 2.49. The fourth-order valence-electron chi connectivity index (χ4n) is 3.27. The van der Waals surface area contributed by atoms with Gasteiger partial charge in [-0.1, -0.05) is 11.8 Å². The molecule has 0 spiro atoms. The number of aliphatic imine (C=N–C) groups is 1. The number of amidine groups is 1. The molecule has 4 heterocycles. The van der Waals surface area contributed by atoms with Crippen LogP contribution in [0.25, 0.3) is 0 Å². The molecule has 3 atom stereocenters. The number of carbonyl (C=O) groups is 1. The van der Waals surface area contributed by atoms with Crippen LogP contribution in [-0.2, 0) is 17.0 Å². The number of ether oxygens (including phenoxy) is 1. The second-order valence-electron chi connectivity index (χ2n) is 6.49. The summed E-state index contributed by atoms with van der Waals surface area (Å²) in [5, 5.41) is 5.67. The first kappa shape index (κ1) is 18.4. The Hall–Kier alpha value is -1.98. The lowest BCUT2D eigenvalue weighted by Gasteiger charge is -2.44. The smallest absolute Gasteiger partial charge is 0.278 e. The number of rotatable bonds is 4. The Labute approximate surface area is 162 Å². The number of carbonyl (C=O) groups excluding carboxylic acids is 1. The lowest BCUT2D eigenvalue weighted by molar-refractivity contribution is -0.0466. The maximum absolute atomic E-state index is 12.5. The largest absolute Gasteiger partial charge is 0.445 e. The van der Waals surface area contributed by atoms with Crippen LogP contribution in [0.15, 0.2) is 21.1 Å². The van der Waals surface area contributed by atoms with Gasteiger partial charge in [0.05, 0.1) is 12.7 Å². The fourth-order valence-corrected chi connectivity index (χ4v) is 5.24. The van der Waals surface area contributed by atoms with E-state index in [1.165, 1.54) is 11.3 Å². The van der Waals surface area contributed by atoms with Crippen molar-refractivity contribution in [1.82, 2.24) is 9.97 Å². The minimum Gasteiger partial charge on any atom is -0.445 e. The van der Waals surface area contributed by atoms with Crippen molar-refractivity contribution in [2.45, 2.75) is 31.7 Å². The average Bonchev–Trinajstić information content (AvgIpc) is 3.31. The number of nitrogens with zero attached hydrogens (tertiary/aromatic N) is 3. The van der Waals surface area contributed by atoms with Gasteiger partial charge in [-0.05, 0) is 13.3 Å². The van der Waals surface area contributed by atoms with E-state index in [2.05, 4.69) is 15.3 Å². The van der Waals surface area contributed by atoms with Crippen molar-refractivity contribution in [2.24, 2.45) is 16.6 Å². The number of halogens is 1. The van der Waals surface area contributed by atoms with E-state index in [4.69, 9.17) is 19.9 Å². The highest BCUT2D eigenvalue weighted by Crippen LogP contribution is 2.46. The van der Waals surface area contributed by atoms with Crippen molar-refractivity contribution in [3.63, 3.8) is 0 Å². The highest BCUT2D eigenvalue weighted by atomic mass is 32.2. The number of alkyl halides is 1. The molecule has 1 fully saturated rings. The van der Waals surface area contributed by atoms with Gasteiger partial charge in [-0.15, -0.1) is 11.3 Å². The Bertz CT molecular complexity index is 885. The zero-order valence-electron chi connectivity index (χ0n) is 14.5. The van der Waals surface area contributed by atoms with Gasteiger partial charge in [0.2, 0.25) is 5.89 Å². The first-order valence-corrected chi connectivity index (χ1v) is 10.2. The molecule has 0 bridgehead atoms. The lowest BCUT2D eigenvalue weighted by atomic mass is 9.80. The molecule has 0 radical (unpaired) electrons. The van der Waals surface area contributed by atoms with E-state index in [9.17, 15) is 9.18 Å². The molecule has 4 rings (SSSR count). The number of aromatic nitrogens is 2. The summed E-state index contributed by atoms with van der Waals surface area (Å²) in [7, 11) is 0. The molecule has 11 heteroatoms. The van der Waals surface area contributed by atoms with Crippen LogP contribution in [0.4, 0.5) is 10.2 Å². The first-order chi connectivity index (χ1) is 13.0. The average molecular weight is 411 g/mol. The van der Waals surface area contributed by atoms with Crippen LogP contribution < -0.4 is 11.1 Å². The zero-order chi connectivity index (χ0) is 19.0. The number of amides is 1. The van der Waals surface area contributed by atoms with Crippen molar-refractivity contribution in [3.05, 3.63) is 28.2 Å². The predicted octanol–water partition coefficient (Wildman–Crippen LogP) is 2.53. The Morgan fingerprint density at radius 3 is 3.15 bits per heavy atom. The van der Waals surface area contributed by atoms with Crippen LogP contribution in [0.2, 0.25) is 0 Å². The topological polar surface area (TPSA) is 116 Å². The second kappa shape index (κ2) is 7.21. The molecule has 2 aromatic heterocycles. The van der Waals surface area contributed by atoms with Gasteiger partial charge in [0.1, 0.15) is 22.6 Å². The van der Waals surface area contributed by atoms with Crippen LogP contribution in [0, 0.1) is 5.92 Å². The maximum atomic E-state index is 12.5. The molecule has 3 unspecified atom stereocenters. The van der Waals surface area contributed by atoms with Crippen LogP contribution in [0.5, 0.6) is 0 Å². The third-order valence-electron chi connectivity index (χ3n) is 4.64. The molecular weight excluding hydrogens is 393 g/mol. The molecule has 2 aliphatic rings. The molecule has 0 saturated carbocycles. The molecule has 0 aromatic carbocycles. The number of nitrogens with two attached hydrogens (primary N) is 1. The van der Waals surface area contributed by atoms with Gasteiger partial charge >= 0.3 is 0 Å². The third-order valence-corrected chi connectivity index (χ3v) is 6.60. The Morgan fingerprint density at radius 2 is 2.37 bits per heavy atom. The van der Waals surface area contributed by atoms with Crippen LogP contribution >= 0.6 is 23.1 Å². The number of fused-ring (bicyclic) bond motifs is 1. The van der Waals surface area contributed by atoms with Crippen LogP contribution in [-0.4, -0.2) is 39.5 Å². The number of nitrogens with one attached hydrogen (secondary N) is 1. The van der Waals surface area contributed by atoms with Gasteiger partial charge in [0, 0.05) is 17.1 Å². The van der Waals surface area contributed by atoms with Gasteiger partial charge < -0.3 is 20.2 Å². The molecule has 8 nitrogen and oxygen atoms in total. The number of hydrogen-bond donors (Lipinski definition) is 2. The Morgan fingerprint density at radius 1 is 1.52 bits per heavy atom. The summed E-state index contributed by atoms with van der Waals surface area (Å²) in [4.78, 5) is 25.3. The minimum absolute atomic E-state index is 0.000559. The molecule has 1 saturated heterocycles. The Kier molecular flexibility index (Phi) is 4.91. The summed E-state index contributed by atoms with van der Waals surface area (Å²) < 4.78 is 23.2. The quantitative estimate of drug-likeness (QED) is 0.794. The summed E-state index contributed by atoms with van der Waals surface area (Å²) in [6.07, 6.45) is 2.15. The van der Waals surface area contributed by atoms with E-state index in [1.807, 2.05) is 6.92 Å². The second-order valence-corrected chi connectivity index (χ2v) is 8.39. The summed E-state index contributed by atoms with van der Waals surface area (Å²) in [5.74, 6) is 0.841. The summed E-state index contributed by atoms with van der Waals surface area (Å²) in [6, 6.07) is 0. The van der Waals surface area contributed by atoms with Gasteiger partial charge in [-0.3, -0.25) is 4.79 Å². The summed E-state index contributed by atoms with van der Waals surface area (Å²) in [5.41, 5.74) is 5.37. The molecule has 0 aliphatic carbocycles. The predicted molar refractivity (Wildman–Crippen MR) is 101 cm³/mol. The van der Waals surface area contributed by atoms with E-state index in [0.717, 1.165) is 23.4 Å². The molecule has 144 valence electrons. The van der Waals surface area contributed by atoms with Crippen LogP contribution in [0.3, 0.4) is 0 Å². The van der Waals surface area contributed by atoms with Crippen molar-refractivity contribution in [3.8, 4) is 0 Å². The van der Waals surface area contributed by atoms with E-state index in [0.29, 0.717) is 17.6 Å². The van der Waals surface area contributed by atoms with E-state index in [1.54, 1.807) is 17.1 Å². The van der Waals surface area contributed by atoms with Crippen molar-refractivity contribution in [2.75, 3.05) is 17.7 Å². The summed E-state index contributed by atoms with van der Waals surface area (Å²) >= 11 is 2.95.